The van der Waals surface area contributed by atoms with Gasteiger partial charge in [0.15, 0.2) is 0 Å². The van der Waals surface area contributed by atoms with E-state index in [0.29, 0.717) is 21.3 Å². The van der Waals surface area contributed by atoms with Crippen LogP contribution in [0.4, 0.5) is 17.2 Å². The molecule has 0 bridgehead atoms. The van der Waals surface area contributed by atoms with Crippen molar-refractivity contribution in [2.75, 3.05) is 17.3 Å². The molecule has 3 aromatic rings. The summed E-state index contributed by atoms with van der Waals surface area (Å²) in [6, 6.07) is 18.4. The highest BCUT2D eigenvalue weighted by molar-refractivity contribution is 6.44. The predicted molar refractivity (Wildman–Crippen MR) is 103 cm³/mol. The van der Waals surface area contributed by atoms with Gasteiger partial charge >= 0.3 is 0 Å². The molecule has 0 saturated carbocycles. The third-order valence-corrected chi connectivity index (χ3v) is 4.52. The smallest absolute Gasteiger partial charge is 0.257 e. The zero-order valence-electron chi connectivity index (χ0n) is 13.4. The minimum absolute atomic E-state index is 0.300. The zero-order chi connectivity index (χ0) is 17.8. The van der Waals surface area contributed by atoms with Gasteiger partial charge in [0.25, 0.3) is 5.91 Å². The predicted octanol–water partition coefficient (Wildman–Crippen LogP) is 5.41. The first kappa shape index (κ1) is 17.3. The maximum atomic E-state index is 12.4. The fourth-order valence-electron chi connectivity index (χ4n) is 2.30. The number of aromatic nitrogens is 1. The first-order chi connectivity index (χ1) is 12.1. The summed E-state index contributed by atoms with van der Waals surface area (Å²) >= 11 is 12.0. The summed E-state index contributed by atoms with van der Waals surface area (Å²) < 4.78 is 0. The van der Waals surface area contributed by atoms with E-state index in [1.807, 2.05) is 42.3 Å². The molecule has 0 spiro atoms. The summed E-state index contributed by atoms with van der Waals surface area (Å²) in [5.74, 6) is 0.439. The highest BCUT2D eigenvalue weighted by atomic mass is 35.5. The quantitative estimate of drug-likeness (QED) is 0.666. The number of carbonyl (C=O) groups is 1. The van der Waals surface area contributed by atoms with Crippen molar-refractivity contribution in [2.45, 2.75) is 0 Å². The molecule has 6 heteroatoms. The highest BCUT2D eigenvalue weighted by Crippen LogP contribution is 2.30. The van der Waals surface area contributed by atoms with Crippen molar-refractivity contribution < 1.29 is 4.79 Å². The summed E-state index contributed by atoms with van der Waals surface area (Å²) in [5, 5.41) is 3.44. The molecule has 3 rings (SSSR count). The second kappa shape index (κ2) is 7.55. The Hall–Kier alpha value is -2.56. The third kappa shape index (κ3) is 3.92. The molecule has 0 aliphatic rings. The second-order valence-electron chi connectivity index (χ2n) is 5.36. The lowest BCUT2D eigenvalue weighted by atomic mass is 10.2. The number of nitrogens with one attached hydrogen (secondary N) is 1. The van der Waals surface area contributed by atoms with E-state index in [2.05, 4.69) is 10.3 Å². The SMILES string of the molecule is CN(c1ccccc1)c1ccc(C(=O)Nc2cccc(Cl)c2Cl)cn1. The first-order valence-electron chi connectivity index (χ1n) is 7.56. The molecule has 0 unspecified atom stereocenters. The van der Waals surface area contributed by atoms with Crippen molar-refractivity contribution in [3.8, 4) is 0 Å². The minimum Gasteiger partial charge on any atom is -0.329 e. The fraction of sp³-hybridized carbons (Fsp3) is 0.0526. The third-order valence-electron chi connectivity index (χ3n) is 3.70. The molecule has 0 atom stereocenters. The van der Waals surface area contributed by atoms with Gasteiger partial charge in [-0.2, -0.15) is 0 Å². The second-order valence-corrected chi connectivity index (χ2v) is 6.14. The van der Waals surface area contributed by atoms with E-state index in [-0.39, 0.29) is 5.91 Å². The van der Waals surface area contributed by atoms with Crippen LogP contribution in [0.25, 0.3) is 0 Å². The van der Waals surface area contributed by atoms with Gasteiger partial charge in [-0.25, -0.2) is 4.98 Å². The van der Waals surface area contributed by atoms with E-state index in [4.69, 9.17) is 23.2 Å². The van der Waals surface area contributed by atoms with Crippen LogP contribution in [-0.2, 0) is 0 Å². The van der Waals surface area contributed by atoms with Crippen LogP contribution in [-0.4, -0.2) is 17.9 Å². The van der Waals surface area contributed by atoms with Gasteiger partial charge < -0.3 is 10.2 Å². The molecule has 0 aliphatic heterocycles. The lowest BCUT2D eigenvalue weighted by molar-refractivity contribution is 0.102. The van der Waals surface area contributed by atoms with E-state index in [9.17, 15) is 4.79 Å². The molecule has 4 nitrogen and oxygen atoms in total. The van der Waals surface area contributed by atoms with Gasteiger partial charge in [-0.15, -0.1) is 0 Å². The largest absolute Gasteiger partial charge is 0.329 e. The van der Waals surface area contributed by atoms with Crippen LogP contribution in [0.2, 0.25) is 10.0 Å². The van der Waals surface area contributed by atoms with E-state index in [0.717, 1.165) is 11.5 Å². The van der Waals surface area contributed by atoms with Gasteiger partial charge in [-0.05, 0) is 36.4 Å². The summed E-state index contributed by atoms with van der Waals surface area (Å²) in [5.41, 5.74) is 1.91. The van der Waals surface area contributed by atoms with Gasteiger partial charge in [0.05, 0.1) is 21.3 Å². The van der Waals surface area contributed by atoms with E-state index < -0.39 is 0 Å². The van der Waals surface area contributed by atoms with E-state index >= 15 is 0 Å². The van der Waals surface area contributed by atoms with Gasteiger partial charge in [0.2, 0.25) is 0 Å². The van der Waals surface area contributed by atoms with Crippen molar-refractivity contribution in [2.24, 2.45) is 0 Å². The summed E-state index contributed by atoms with van der Waals surface area (Å²) in [7, 11) is 1.92. The number of pyridine rings is 1. The molecule has 126 valence electrons. The molecule has 1 N–H and O–H groups in total. The number of halogens is 2. The maximum Gasteiger partial charge on any atom is 0.257 e. The van der Waals surface area contributed by atoms with E-state index in [1.54, 1.807) is 30.3 Å². The highest BCUT2D eigenvalue weighted by Gasteiger charge is 2.12. The van der Waals surface area contributed by atoms with Crippen LogP contribution in [0.5, 0.6) is 0 Å². The molecular formula is C19H15Cl2N3O. The molecule has 0 radical (unpaired) electrons. The summed E-state index contributed by atoms with van der Waals surface area (Å²) in [4.78, 5) is 18.7. The van der Waals surface area contributed by atoms with Crippen molar-refractivity contribution in [1.29, 1.82) is 0 Å². The Balaban J connectivity index is 1.76. The Morgan fingerprint density at radius 1 is 1.00 bits per heavy atom. The Kier molecular flexibility index (Phi) is 5.22. The maximum absolute atomic E-state index is 12.4. The van der Waals surface area contributed by atoms with Crippen LogP contribution in [0.1, 0.15) is 10.4 Å². The number of nitrogens with zero attached hydrogens (tertiary/aromatic N) is 2. The molecular weight excluding hydrogens is 357 g/mol. The summed E-state index contributed by atoms with van der Waals surface area (Å²) in [6.07, 6.45) is 1.53. The van der Waals surface area contributed by atoms with Gasteiger partial charge in [0.1, 0.15) is 5.82 Å². The van der Waals surface area contributed by atoms with Gasteiger partial charge in [0, 0.05) is 18.9 Å². The van der Waals surface area contributed by atoms with Crippen molar-refractivity contribution in [1.82, 2.24) is 4.98 Å². The van der Waals surface area contributed by atoms with Crippen LogP contribution >= 0.6 is 23.2 Å². The first-order valence-corrected chi connectivity index (χ1v) is 8.32. The van der Waals surface area contributed by atoms with Crippen LogP contribution in [0.15, 0.2) is 66.9 Å². The molecule has 2 aromatic carbocycles. The molecule has 1 amide bonds. The topological polar surface area (TPSA) is 45.2 Å². The Bertz CT molecular complexity index is 883. The van der Waals surface area contributed by atoms with Crippen LogP contribution in [0, 0.1) is 0 Å². The molecule has 0 saturated heterocycles. The molecule has 1 heterocycles. The number of carbonyl (C=O) groups excluding carboxylic acids is 1. The number of hydrogen-bond acceptors (Lipinski definition) is 3. The molecule has 0 fully saturated rings. The lowest BCUT2D eigenvalue weighted by Gasteiger charge is -2.18. The number of anilines is 3. The Morgan fingerprint density at radius 2 is 1.76 bits per heavy atom. The fourth-order valence-corrected chi connectivity index (χ4v) is 2.65. The standard InChI is InChI=1S/C19H15Cl2N3O/c1-24(14-6-3-2-4-7-14)17-11-10-13(12-22-17)19(25)23-16-9-5-8-15(20)18(16)21/h2-12H,1H3,(H,23,25). The lowest BCUT2D eigenvalue weighted by Crippen LogP contribution is -2.14. The van der Waals surface area contributed by atoms with Gasteiger partial charge in [-0.1, -0.05) is 47.5 Å². The van der Waals surface area contributed by atoms with E-state index in [1.165, 1.54) is 6.20 Å². The van der Waals surface area contributed by atoms with Gasteiger partial charge in [-0.3, -0.25) is 4.79 Å². The summed E-state index contributed by atoms with van der Waals surface area (Å²) in [6.45, 7) is 0. The van der Waals surface area contributed by atoms with Crippen LogP contribution in [0.3, 0.4) is 0 Å². The number of para-hydroxylation sites is 1. The average molecular weight is 372 g/mol. The zero-order valence-corrected chi connectivity index (χ0v) is 14.9. The number of rotatable bonds is 4. The van der Waals surface area contributed by atoms with Crippen molar-refractivity contribution in [3.63, 3.8) is 0 Å². The molecule has 1 aromatic heterocycles. The number of amides is 1. The monoisotopic (exact) mass is 371 g/mol. The minimum atomic E-state index is -0.300. The normalized spacial score (nSPS) is 10.4. The van der Waals surface area contributed by atoms with Crippen molar-refractivity contribution >= 4 is 46.3 Å². The molecule has 0 aliphatic carbocycles. The average Bonchev–Trinajstić information content (AvgIpc) is 2.65. The Morgan fingerprint density at radius 3 is 2.44 bits per heavy atom. The number of benzene rings is 2. The van der Waals surface area contributed by atoms with Crippen LogP contribution < -0.4 is 10.2 Å². The van der Waals surface area contributed by atoms with Crippen molar-refractivity contribution in [3.05, 3.63) is 82.5 Å². The molecule has 25 heavy (non-hydrogen) atoms. The number of hydrogen-bond donors (Lipinski definition) is 1. The Labute approximate surface area is 156 Å².